The summed E-state index contributed by atoms with van der Waals surface area (Å²) in [4.78, 5) is 14.0. The molecule has 2 fully saturated rings. The van der Waals surface area contributed by atoms with Crippen molar-refractivity contribution in [3.05, 3.63) is 35.9 Å². The zero-order valence-corrected chi connectivity index (χ0v) is 11.8. The molecule has 0 saturated carbocycles. The number of carbonyl (C=O) groups is 1. The van der Waals surface area contributed by atoms with Crippen molar-refractivity contribution in [3.63, 3.8) is 0 Å². The lowest BCUT2D eigenvalue weighted by atomic mass is 9.87. The van der Waals surface area contributed by atoms with E-state index < -0.39 is 0 Å². The van der Waals surface area contributed by atoms with Crippen molar-refractivity contribution < 1.29 is 9.53 Å². The van der Waals surface area contributed by atoms with Gasteiger partial charge in [-0.3, -0.25) is 4.79 Å². The molecule has 0 unspecified atom stereocenters. The lowest BCUT2D eigenvalue weighted by molar-refractivity contribution is -0.137. The van der Waals surface area contributed by atoms with Gasteiger partial charge >= 0.3 is 0 Å². The van der Waals surface area contributed by atoms with Crippen LogP contribution in [0.5, 0.6) is 0 Å². The fourth-order valence-electron chi connectivity index (χ4n) is 3.11. The second-order valence-corrected chi connectivity index (χ2v) is 5.90. The highest BCUT2D eigenvalue weighted by Gasteiger charge is 2.38. The highest BCUT2D eigenvalue weighted by atomic mass is 16.5. The summed E-state index contributed by atoms with van der Waals surface area (Å²) >= 11 is 0. The molecule has 1 aromatic rings. The van der Waals surface area contributed by atoms with E-state index in [1.807, 2.05) is 0 Å². The standard InChI is InChI=1S/C16H22N2O2/c19-15-12-20-13-16(17-15)7-10-18(11-8-16)9-6-14-4-2-1-3-5-14/h1-5H,6-13H2,(H,17,19). The normalized spacial score (nSPS) is 22.7. The van der Waals surface area contributed by atoms with E-state index in [9.17, 15) is 4.79 Å². The minimum atomic E-state index is -0.0986. The van der Waals surface area contributed by atoms with Gasteiger partial charge in [-0.25, -0.2) is 0 Å². The summed E-state index contributed by atoms with van der Waals surface area (Å²) in [6.45, 7) is 4.06. The molecule has 1 aromatic carbocycles. The fraction of sp³-hybridized carbons (Fsp3) is 0.562. The second-order valence-electron chi connectivity index (χ2n) is 5.90. The monoisotopic (exact) mass is 274 g/mol. The van der Waals surface area contributed by atoms with Crippen molar-refractivity contribution >= 4 is 5.91 Å². The lowest BCUT2D eigenvalue weighted by Crippen LogP contribution is -2.61. The van der Waals surface area contributed by atoms with E-state index in [1.165, 1.54) is 5.56 Å². The molecule has 2 heterocycles. The first-order chi connectivity index (χ1) is 9.76. The molecular formula is C16H22N2O2. The Hall–Kier alpha value is -1.39. The molecule has 0 atom stereocenters. The number of piperidine rings is 1. The van der Waals surface area contributed by atoms with Crippen LogP contribution in [0.4, 0.5) is 0 Å². The molecule has 1 amide bonds. The molecule has 1 N–H and O–H groups in total. The van der Waals surface area contributed by atoms with Crippen LogP contribution in [-0.4, -0.2) is 49.2 Å². The molecule has 20 heavy (non-hydrogen) atoms. The number of rotatable bonds is 3. The molecule has 0 bridgehead atoms. The van der Waals surface area contributed by atoms with Gasteiger partial charge in [0.1, 0.15) is 6.61 Å². The Balaban J connectivity index is 1.48. The van der Waals surface area contributed by atoms with Crippen LogP contribution in [0.1, 0.15) is 18.4 Å². The van der Waals surface area contributed by atoms with Gasteiger partial charge in [0.25, 0.3) is 0 Å². The summed E-state index contributed by atoms with van der Waals surface area (Å²) < 4.78 is 5.41. The quantitative estimate of drug-likeness (QED) is 0.901. The average molecular weight is 274 g/mol. The topological polar surface area (TPSA) is 41.6 Å². The largest absolute Gasteiger partial charge is 0.369 e. The summed E-state index contributed by atoms with van der Waals surface area (Å²) in [6.07, 6.45) is 3.08. The second kappa shape index (κ2) is 5.94. The maximum atomic E-state index is 11.5. The highest BCUT2D eigenvalue weighted by Crippen LogP contribution is 2.24. The first kappa shape index (κ1) is 13.6. The SMILES string of the molecule is O=C1COCC2(CCN(CCc3ccccc3)CC2)N1. The molecule has 4 nitrogen and oxygen atoms in total. The van der Waals surface area contributed by atoms with Crippen molar-refractivity contribution in [2.45, 2.75) is 24.8 Å². The van der Waals surface area contributed by atoms with Gasteiger partial charge in [-0.05, 0) is 24.8 Å². The summed E-state index contributed by atoms with van der Waals surface area (Å²) in [5, 5.41) is 3.14. The molecule has 2 aliphatic rings. The first-order valence-electron chi connectivity index (χ1n) is 7.41. The van der Waals surface area contributed by atoms with Gasteiger partial charge in [0.15, 0.2) is 0 Å². The molecule has 0 radical (unpaired) electrons. The van der Waals surface area contributed by atoms with Gasteiger partial charge in [0.2, 0.25) is 5.91 Å². The van der Waals surface area contributed by atoms with Gasteiger partial charge in [-0.15, -0.1) is 0 Å². The average Bonchev–Trinajstić information content (AvgIpc) is 2.48. The number of nitrogens with zero attached hydrogens (tertiary/aromatic N) is 1. The zero-order chi connectivity index (χ0) is 13.8. The molecule has 0 aromatic heterocycles. The molecule has 108 valence electrons. The van der Waals surface area contributed by atoms with Crippen LogP contribution in [0.15, 0.2) is 30.3 Å². The maximum Gasteiger partial charge on any atom is 0.246 e. The van der Waals surface area contributed by atoms with Crippen LogP contribution < -0.4 is 5.32 Å². The first-order valence-corrected chi connectivity index (χ1v) is 7.41. The maximum absolute atomic E-state index is 11.5. The van der Waals surface area contributed by atoms with Crippen LogP contribution >= 0.6 is 0 Å². The third-order valence-electron chi connectivity index (χ3n) is 4.39. The van der Waals surface area contributed by atoms with Crippen molar-refractivity contribution in [3.8, 4) is 0 Å². The van der Waals surface area contributed by atoms with E-state index in [0.717, 1.165) is 38.9 Å². The number of morpholine rings is 1. The summed E-state index contributed by atoms with van der Waals surface area (Å²) in [6, 6.07) is 10.6. The van der Waals surface area contributed by atoms with Crippen LogP contribution in [0, 0.1) is 0 Å². The Morgan fingerprint density at radius 3 is 2.65 bits per heavy atom. The number of hydrogen-bond acceptors (Lipinski definition) is 3. The third kappa shape index (κ3) is 3.19. The number of ether oxygens (including phenoxy) is 1. The van der Waals surface area contributed by atoms with Crippen LogP contribution in [0.2, 0.25) is 0 Å². The molecular weight excluding hydrogens is 252 g/mol. The lowest BCUT2D eigenvalue weighted by Gasteiger charge is -2.44. The number of likely N-dealkylation sites (tertiary alicyclic amines) is 1. The summed E-state index contributed by atoms with van der Waals surface area (Å²) in [7, 11) is 0. The molecule has 2 aliphatic heterocycles. The minimum Gasteiger partial charge on any atom is -0.369 e. The van der Waals surface area contributed by atoms with Crippen LogP contribution in [-0.2, 0) is 16.0 Å². The number of amides is 1. The molecule has 1 spiro atoms. The van der Waals surface area contributed by atoms with E-state index in [4.69, 9.17) is 4.74 Å². The van der Waals surface area contributed by atoms with Crippen molar-refractivity contribution in [2.24, 2.45) is 0 Å². The summed E-state index contributed by atoms with van der Waals surface area (Å²) in [5.74, 6) is 0.0361. The molecule has 3 rings (SSSR count). The Morgan fingerprint density at radius 1 is 1.20 bits per heavy atom. The predicted octanol–water partition coefficient (Wildman–Crippen LogP) is 1.21. The van der Waals surface area contributed by atoms with Crippen molar-refractivity contribution in [1.82, 2.24) is 10.2 Å². The number of hydrogen-bond donors (Lipinski definition) is 1. The molecule has 4 heteroatoms. The van der Waals surface area contributed by atoms with Gasteiger partial charge in [0, 0.05) is 19.6 Å². The molecule has 0 aliphatic carbocycles. The van der Waals surface area contributed by atoms with Gasteiger partial charge in [0.05, 0.1) is 12.1 Å². The van der Waals surface area contributed by atoms with Gasteiger partial charge in [-0.2, -0.15) is 0 Å². The zero-order valence-electron chi connectivity index (χ0n) is 11.8. The van der Waals surface area contributed by atoms with E-state index in [-0.39, 0.29) is 18.1 Å². The Labute approximate surface area is 120 Å². The van der Waals surface area contributed by atoms with Crippen LogP contribution in [0.25, 0.3) is 0 Å². The molecule has 2 saturated heterocycles. The van der Waals surface area contributed by atoms with E-state index >= 15 is 0 Å². The van der Waals surface area contributed by atoms with E-state index in [2.05, 4.69) is 40.5 Å². The van der Waals surface area contributed by atoms with Gasteiger partial charge < -0.3 is 15.0 Å². The van der Waals surface area contributed by atoms with Crippen molar-refractivity contribution in [1.29, 1.82) is 0 Å². The Kier molecular flexibility index (Phi) is 4.03. The Bertz CT molecular complexity index is 453. The smallest absolute Gasteiger partial charge is 0.246 e. The minimum absolute atomic E-state index is 0.0361. The number of carbonyl (C=O) groups excluding carboxylic acids is 1. The van der Waals surface area contributed by atoms with E-state index in [1.54, 1.807) is 0 Å². The third-order valence-corrected chi connectivity index (χ3v) is 4.39. The van der Waals surface area contributed by atoms with Crippen LogP contribution in [0.3, 0.4) is 0 Å². The predicted molar refractivity (Wildman–Crippen MR) is 77.5 cm³/mol. The van der Waals surface area contributed by atoms with E-state index in [0.29, 0.717) is 6.61 Å². The number of benzene rings is 1. The number of nitrogens with one attached hydrogen (secondary N) is 1. The van der Waals surface area contributed by atoms with Crippen molar-refractivity contribution in [2.75, 3.05) is 32.8 Å². The van der Waals surface area contributed by atoms with Gasteiger partial charge in [-0.1, -0.05) is 30.3 Å². The Morgan fingerprint density at radius 2 is 1.95 bits per heavy atom. The summed E-state index contributed by atoms with van der Waals surface area (Å²) in [5.41, 5.74) is 1.29. The highest BCUT2D eigenvalue weighted by molar-refractivity contribution is 5.78. The fourth-order valence-corrected chi connectivity index (χ4v) is 3.11.